The van der Waals surface area contributed by atoms with Gasteiger partial charge in [-0.2, -0.15) is 0 Å². The molecule has 0 N–H and O–H groups in total. The monoisotopic (exact) mass is 278 g/mol. The highest BCUT2D eigenvalue weighted by Crippen LogP contribution is 2.26. The van der Waals surface area contributed by atoms with Crippen LogP contribution in [0.5, 0.6) is 5.75 Å². The molecule has 1 aromatic rings. The van der Waals surface area contributed by atoms with Gasteiger partial charge >= 0.3 is 6.09 Å². The lowest BCUT2D eigenvalue weighted by atomic mass is 10.0. The molecule has 0 aromatic heterocycles. The number of amides is 1. The molecule has 0 bridgehead atoms. The maximum Gasteiger partial charge on any atom is 0.414 e. The second-order valence-corrected chi connectivity index (χ2v) is 5.40. The number of aryl methyl sites for hydroxylation is 1. The molecule has 1 aromatic carbocycles. The van der Waals surface area contributed by atoms with Gasteiger partial charge < -0.3 is 14.5 Å². The molecule has 1 rings (SSSR count). The molecule has 0 aliphatic carbocycles. The molecule has 0 saturated heterocycles. The van der Waals surface area contributed by atoms with Crippen LogP contribution >= 0.6 is 0 Å². The Morgan fingerprint density at radius 2 is 1.85 bits per heavy atom. The van der Waals surface area contributed by atoms with Crippen LogP contribution in [0, 0.1) is 0 Å². The van der Waals surface area contributed by atoms with E-state index in [-0.39, 0.29) is 6.09 Å². The van der Waals surface area contributed by atoms with E-state index in [0.717, 1.165) is 12.8 Å². The molecule has 0 aliphatic rings. The highest BCUT2D eigenvalue weighted by molar-refractivity contribution is 5.70. The standard InChI is InChI=1S/C16H26N2O2/c1-6-7-8-9-13-12-14(20-16(19)18(4)5)10-11-15(13)17(2)3/h10-12H,6-9H2,1-5H3. The molecule has 0 aliphatic heterocycles. The fourth-order valence-corrected chi connectivity index (χ4v) is 2.02. The lowest BCUT2D eigenvalue weighted by Crippen LogP contribution is -2.25. The fourth-order valence-electron chi connectivity index (χ4n) is 2.02. The minimum absolute atomic E-state index is 0.345. The van der Waals surface area contributed by atoms with E-state index in [0.29, 0.717) is 5.75 Å². The summed E-state index contributed by atoms with van der Waals surface area (Å²) in [4.78, 5) is 15.1. The van der Waals surface area contributed by atoms with Crippen LogP contribution in [0.25, 0.3) is 0 Å². The summed E-state index contributed by atoms with van der Waals surface area (Å²) in [7, 11) is 7.42. The largest absolute Gasteiger partial charge is 0.414 e. The van der Waals surface area contributed by atoms with Gasteiger partial charge in [-0.15, -0.1) is 0 Å². The molecule has 0 radical (unpaired) electrons. The summed E-state index contributed by atoms with van der Waals surface area (Å²) in [5, 5.41) is 0. The van der Waals surface area contributed by atoms with Crippen molar-refractivity contribution in [1.29, 1.82) is 0 Å². The molecule has 0 spiro atoms. The minimum Gasteiger partial charge on any atom is -0.410 e. The lowest BCUT2D eigenvalue weighted by Gasteiger charge is -2.19. The number of hydrogen-bond acceptors (Lipinski definition) is 3. The zero-order chi connectivity index (χ0) is 15.1. The first-order valence-electron chi connectivity index (χ1n) is 7.15. The molecule has 0 atom stereocenters. The van der Waals surface area contributed by atoms with Crippen LogP contribution in [0.15, 0.2) is 18.2 Å². The van der Waals surface area contributed by atoms with Gasteiger partial charge in [-0.3, -0.25) is 0 Å². The van der Waals surface area contributed by atoms with E-state index in [2.05, 4.69) is 11.8 Å². The summed E-state index contributed by atoms with van der Waals surface area (Å²) in [6.45, 7) is 2.20. The van der Waals surface area contributed by atoms with Crippen molar-refractivity contribution >= 4 is 11.8 Å². The molecule has 20 heavy (non-hydrogen) atoms. The Morgan fingerprint density at radius 1 is 1.15 bits per heavy atom. The third-order valence-corrected chi connectivity index (χ3v) is 3.15. The van der Waals surface area contributed by atoms with Gasteiger partial charge in [0, 0.05) is 33.9 Å². The van der Waals surface area contributed by atoms with Crippen molar-refractivity contribution in [2.75, 3.05) is 33.1 Å². The van der Waals surface area contributed by atoms with Crippen molar-refractivity contribution in [3.8, 4) is 5.75 Å². The topological polar surface area (TPSA) is 32.8 Å². The first kappa shape index (κ1) is 16.3. The van der Waals surface area contributed by atoms with E-state index in [1.165, 1.54) is 29.0 Å². The van der Waals surface area contributed by atoms with E-state index >= 15 is 0 Å². The van der Waals surface area contributed by atoms with Gasteiger partial charge in [0.15, 0.2) is 0 Å². The SMILES string of the molecule is CCCCCc1cc(OC(=O)N(C)C)ccc1N(C)C. The van der Waals surface area contributed by atoms with Gasteiger partial charge in [0.25, 0.3) is 0 Å². The van der Waals surface area contributed by atoms with Gasteiger partial charge in [-0.05, 0) is 36.6 Å². The molecule has 0 heterocycles. The first-order valence-corrected chi connectivity index (χ1v) is 7.15. The predicted molar refractivity (Wildman–Crippen MR) is 83.7 cm³/mol. The number of anilines is 1. The fraction of sp³-hybridized carbons (Fsp3) is 0.562. The number of ether oxygens (including phenoxy) is 1. The van der Waals surface area contributed by atoms with Crippen LogP contribution in [0.2, 0.25) is 0 Å². The second kappa shape index (κ2) is 7.78. The molecule has 0 fully saturated rings. The third kappa shape index (κ3) is 4.76. The average Bonchev–Trinajstić information content (AvgIpc) is 2.38. The maximum atomic E-state index is 11.6. The van der Waals surface area contributed by atoms with E-state index in [9.17, 15) is 4.79 Å². The number of nitrogens with zero attached hydrogens (tertiary/aromatic N) is 2. The van der Waals surface area contributed by atoms with Gasteiger partial charge in [0.05, 0.1) is 0 Å². The summed E-state index contributed by atoms with van der Waals surface area (Å²) in [6, 6.07) is 5.84. The zero-order valence-corrected chi connectivity index (χ0v) is 13.3. The Kier molecular flexibility index (Phi) is 6.36. The van der Waals surface area contributed by atoms with Crippen LogP contribution < -0.4 is 9.64 Å². The highest BCUT2D eigenvalue weighted by atomic mass is 16.6. The van der Waals surface area contributed by atoms with Gasteiger partial charge in [0.1, 0.15) is 5.75 Å². The van der Waals surface area contributed by atoms with Crippen LogP contribution in [0.4, 0.5) is 10.5 Å². The van der Waals surface area contributed by atoms with E-state index in [4.69, 9.17) is 4.74 Å². The maximum absolute atomic E-state index is 11.6. The van der Waals surface area contributed by atoms with Crippen molar-refractivity contribution in [2.45, 2.75) is 32.6 Å². The number of rotatable bonds is 6. The quantitative estimate of drug-likeness (QED) is 0.746. The highest BCUT2D eigenvalue weighted by Gasteiger charge is 2.10. The average molecular weight is 278 g/mol. The lowest BCUT2D eigenvalue weighted by molar-refractivity contribution is 0.172. The smallest absolute Gasteiger partial charge is 0.410 e. The Morgan fingerprint density at radius 3 is 2.40 bits per heavy atom. The van der Waals surface area contributed by atoms with Gasteiger partial charge in [-0.1, -0.05) is 19.8 Å². The number of carbonyl (C=O) groups is 1. The molecule has 0 saturated carbocycles. The third-order valence-electron chi connectivity index (χ3n) is 3.15. The second-order valence-electron chi connectivity index (χ2n) is 5.40. The number of hydrogen-bond donors (Lipinski definition) is 0. The first-order chi connectivity index (χ1) is 9.45. The Balaban J connectivity index is 2.88. The zero-order valence-electron chi connectivity index (χ0n) is 13.3. The number of unbranched alkanes of at least 4 members (excludes halogenated alkanes) is 2. The normalized spacial score (nSPS) is 10.2. The molecular formula is C16H26N2O2. The molecule has 1 amide bonds. The number of benzene rings is 1. The molecule has 0 unspecified atom stereocenters. The molecule has 4 heteroatoms. The molecule has 112 valence electrons. The van der Waals surface area contributed by atoms with E-state index < -0.39 is 0 Å². The van der Waals surface area contributed by atoms with E-state index in [1.807, 2.05) is 32.3 Å². The summed E-state index contributed by atoms with van der Waals surface area (Å²) in [6.07, 6.45) is 4.24. The predicted octanol–water partition coefficient (Wildman–Crippen LogP) is 3.55. The van der Waals surface area contributed by atoms with Crippen molar-refractivity contribution in [3.63, 3.8) is 0 Å². The molecule has 4 nitrogen and oxygen atoms in total. The van der Waals surface area contributed by atoms with Gasteiger partial charge in [0.2, 0.25) is 0 Å². The Bertz CT molecular complexity index is 442. The Labute approximate surface area is 122 Å². The number of carbonyl (C=O) groups excluding carboxylic acids is 1. The van der Waals surface area contributed by atoms with Crippen molar-refractivity contribution in [3.05, 3.63) is 23.8 Å². The van der Waals surface area contributed by atoms with Crippen molar-refractivity contribution in [1.82, 2.24) is 4.90 Å². The minimum atomic E-state index is -0.345. The van der Waals surface area contributed by atoms with E-state index in [1.54, 1.807) is 14.1 Å². The van der Waals surface area contributed by atoms with Gasteiger partial charge in [-0.25, -0.2) is 4.79 Å². The van der Waals surface area contributed by atoms with Crippen molar-refractivity contribution < 1.29 is 9.53 Å². The molecular weight excluding hydrogens is 252 g/mol. The van der Waals surface area contributed by atoms with Crippen molar-refractivity contribution in [2.24, 2.45) is 0 Å². The van der Waals surface area contributed by atoms with Crippen LogP contribution in [0.3, 0.4) is 0 Å². The summed E-state index contributed by atoms with van der Waals surface area (Å²) in [5.74, 6) is 0.612. The van der Waals surface area contributed by atoms with Crippen LogP contribution in [0.1, 0.15) is 31.7 Å². The summed E-state index contributed by atoms with van der Waals surface area (Å²) < 4.78 is 5.33. The summed E-state index contributed by atoms with van der Waals surface area (Å²) in [5.41, 5.74) is 2.42. The van der Waals surface area contributed by atoms with Crippen LogP contribution in [-0.4, -0.2) is 39.2 Å². The Hall–Kier alpha value is -1.71. The van der Waals surface area contributed by atoms with Crippen LogP contribution in [-0.2, 0) is 6.42 Å². The summed E-state index contributed by atoms with van der Waals surface area (Å²) >= 11 is 0.